The lowest BCUT2D eigenvalue weighted by atomic mass is 10.0. The average molecular weight is 323 g/mol. The van der Waals surface area contributed by atoms with Gasteiger partial charge in [0.25, 0.3) is 5.91 Å². The van der Waals surface area contributed by atoms with Crippen molar-refractivity contribution in [3.63, 3.8) is 0 Å². The first-order valence-electron chi connectivity index (χ1n) is 8.44. The average Bonchev–Trinajstić information content (AvgIpc) is 2.59. The number of carbonyl (C=O) groups is 1. The molecule has 3 rings (SSSR count). The van der Waals surface area contributed by atoms with Crippen molar-refractivity contribution in [1.29, 1.82) is 0 Å². The van der Waals surface area contributed by atoms with Crippen LogP contribution in [0.1, 0.15) is 27.0 Å². The molecule has 2 N–H and O–H groups in total. The van der Waals surface area contributed by atoms with E-state index in [-0.39, 0.29) is 5.91 Å². The van der Waals surface area contributed by atoms with E-state index < -0.39 is 0 Å². The number of benzene rings is 2. The third-order valence-corrected chi connectivity index (χ3v) is 5.09. The van der Waals surface area contributed by atoms with Crippen LogP contribution in [0.15, 0.2) is 36.4 Å². The number of carbonyl (C=O) groups excluding carboxylic acids is 1. The summed E-state index contributed by atoms with van der Waals surface area (Å²) in [6.45, 7) is 9.41. The summed E-state index contributed by atoms with van der Waals surface area (Å²) in [5.41, 5.74) is 12.1. The highest BCUT2D eigenvalue weighted by Gasteiger charge is 2.24. The molecule has 0 atom stereocenters. The van der Waals surface area contributed by atoms with Gasteiger partial charge in [-0.1, -0.05) is 18.2 Å². The maximum Gasteiger partial charge on any atom is 0.254 e. The quantitative estimate of drug-likeness (QED) is 0.864. The second-order valence-corrected chi connectivity index (χ2v) is 6.52. The van der Waals surface area contributed by atoms with Crippen LogP contribution < -0.4 is 10.6 Å². The van der Waals surface area contributed by atoms with Crippen molar-refractivity contribution < 1.29 is 4.79 Å². The molecule has 2 aromatic rings. The first-order valence-corrected chi connectivity index (χ1v) is 8.44. The first-order chi connectivity index (χ1) is 11.5. The molecule has 1 fully saturated rings. The Labute approximate surface area is 143 Å². The van der Waals surface area contributed by atoms with Crippen LogP contribution in [0.3, 0.4) is 0 Å². The Morgan fingerprint density at radius 2 is 1.58 bits per heavy atom. The van der Waals surface area contributed by atoms with Crippen molar-refractivity contribution in [2.24, 2.45) is 0 Å². The van der Waals surface area contributed by atoms with Gasteiger partial charge in [0.15, 0.2) is 0 Å². The molecule has 1 amide bonds. The second kappa shape index (κ2) is 6.56. The van der Waals surface area contributed by atoms with Crippen molar-refractivity contribution in [2.45, 2.75) is 20.8 Å². The molecule has 0 saturated carbocycles. The number of amides is 1. The molecule has 1 aliphatic heterocycles. The van der Waals surface area contributed by atoms with E-state index in [1.165, 1.54) is 16.8 Å². The summed E-state index contributed by atoms with van der Waals surface area (Å²) < 4.78 is 0. The molecule has 0 radical (unpaired) electrons. The lowest BCUT2D eigenvalue weighted by molar-refractivity contribution is 0.0746. The van der Waals surface area contributed by atoms with Gasteiger partial charge in [0, 0.05) is 43.1 Å². The van der Waals surface area contributed by atoms with Gasteiger partial charge in [-0.15, -0.1) is 0 Å². The Balaban J connectivity index is 1.72. The van der Waals surface area contributed by atoms with E-state index in [2.05, 4.69) is 36.9 Å². The molecule has 2 aromatic carbocycles. The molecule has 0 bridgehead atoms. The number of hydrogen-bond donors (Lipinski definition) is 1. The molecule has 0 aliphatic carbocycles. The molecule has 1 saturated heterocycles. The molecular formula is C20H25N3O. The van der Waals surface area contributed by atoms with Crippen LogP contribution in [0.4, 0.5) is 11.4 Å². The summed E-state index contributed by atoms with van der Waals surface area (Å²) in [5.74, 6) is 0.0837. The summed E-state index contributed by atoms with van der Waals surface area (Å²) in [5, 5.41) is 0. The molecule has 24 heavy (non-hydrogen) atoms. The van der Waals surface area contributed by atoms with Gasteiger partial charge in [-0.3, -0.25) is 4.79 Å². The number of piperazine rings is 1. The summed E-state index contributed by atoms with van der Waals surface area (Å²) in [7, 11) is 0. The predicted molar refractivity (Wildman–Crippen MR) is 99.6 cm³/mol. The zero-order valence-electron chi connectivity index (χ0n) is 14.7. The van der Waals surface area contributed by atoms with Gasteiger partial charge in [-0.05, 0) is 55.7 Å². The van der Waals surface area contributed by atoms with Crippen molar-refractivity contribution in [2.75, 3.05) is 36.8 Å². The molecular weight excluding hydrogens is 298 g/mol. The molecule has 126 valence electrons. The van der Waals surface area contributed by atoms with Crippen LogP contribution in [-0.4, -0.2) is 37.0 Å². The summed E-state index contributed by atoms with van der Waals surface area (Å²) in [6.07, 6.45) is 0. The standard InChI is InChI=1S/C20H25N3O/c1-14-6-4-9-19(15(14)2)22-10-12-23(13-11-22)20(24)17-7-5-8-18(21)16(17)3/h4-9H,10-13,21H2,1-3H3. The van der Waals surface area contributed by atoms with Gasteiger partial charge < -0.3 is 15.5 Å². The molecule has 0 aromatic heterocycles. The van der Waals surface area contributed by atoms with Gasteiger partial charge in [0.2, 0.25) is 0 Å². The van der Waals surface area contributed by atoms with Gasteiger partial charge in [0.1, 0.15) is 0 Å². The van der Waals surface area contributed by atoms with Crippen molar-refractivity contribution in [3.8, 4) is 0 Å². The minimum atomic E-state index is 0.0837. The highest BCUT2D eigenvalue weighted by Crippen LogP contribution is 2.25. The Kier molecular flexibility index (Phi) is 4.47. The van der Waals surface area contributed by atoms with E-state index in [1.807, 2.05) is 30.0 Å². The van der Waals surface area contributed by atoms with E-state index >= 15 is 0 Å². The van der Waals surface area contributed by atoms with Crippen LogP contribution >= 0.6 is 0 Å². The van der Waals surface area contributed by atoms with Crippen LogP contribution in [0.5, 0.6) is 0 Å². The highest BCUT2D eigenvalue weighted by atomic mass is 16.2. The number of anilines is 2. The third kappa shape index (κ3) is 2.96. The van der Waals surface area contributed by atoms with Crippen LogP contribution in [-0.2, 0) is 0 Å². The van der Waals surface area contributed by atoms with Crippen LogP contribution in [0.2, 0.25) is 0 Å². The number of aryl methyl sites for hydroxylation is 1. The minimum absolute atomic E-state index is 0.0837. The van der Waals surface area contributed by atoms with Crippen LogP contribution in [0, 0.1) is 20.8 Å². The number of nitrogens with two attached hydrogens (primary N) is 1. The van der Waals surface area contributed by atoms with E-state index in [4.69, 9.17) is 5.73 Å². The largest absolute Gasteiger partial charge is 0.398 e. The monoisotopic (exact) mass is 323 g/mol. The Hall–Kier alpha value is -2.49. The topological polar surface area (TPSA) is 49.6 Å². The molecule has 4 nitrogen and oxygen atoms in total. The second-order valence-electron chi connectivity index (χ2n) is 6.52. The third-order valence-electron chi connectivity index (χ3n) is 5.09. The molecule has 0 spiro atoms. The molecule has 0 unspecified atom stereocenters. The summed E-state index contributed by atoms with van der Waals surface area (Å²) in [6, 6.07) is 12.0. The Morgan fingerprint density at radius 1 is 0.917 bits per heavy atom. The lowest BCUT2D eigenvalue weighted by Gasteiger charge is -2.37. The number of nitrogen functional groups attached to an aromatic ring is 1. The van der Waals surface area contributed by atoms with E-state index in [0.717, 1.165) is 37.3 Å². The van der Waals surface area contributed by atoms with E-state index in [9.17, 15) is 4.79 Å². The van der Waals surface area contributed by atoms with E-state index in [0.29, 0.717) is 5.69 Å². The first kappa shape index (κ1) is 16.4. The zero-order chi connectivity index (χ0) is 17.3. The van der Waals surface area contributed by atoms with Gasteiger partial charge in [-0.2, -0.15) is 0 Å². The SMILES string of the molecule is Cc1cccc(N2CCN(C(=O)c3cccc(N)c3C)CC2)c1C. The Bertz CT molecular complexity index is 761. The van der Waals surface area contributed by atoms with Gasteiger partial charge in [0.05, 0.1) is 0 Å². The fraction of sp³-hybridized carbons (Fsp3) is 0.350. The molecule has 4 heteroatoms. The van der Waals surface area contributed by atoms with E-state index in [1.54, 1.807) is 0 Å². The summed E-state index contributed by atoms with van der Waals surface area (Å²) >= 11 is 0. The molecule has 1 heterocycles. The fourth-order valence-electron chi connectivity index (χ4n) is 3.28. The van der Waals surface area contributed by atoms with Crippen molar-refractivity contribution in [3.05, 3.63) is 58.7 Å². The van der Waals surface area contributed by atoms with Gasteiger partial charge in [-0.25, -0.2) is 0 Å². The number of rotatable bonds is 2. The maximum atomic E-state index is 12.8. The zero-order valence-corrected chi connectivity index (χ0v) is 14.7. The smallest absolute Gasteiger partial charge is 0.254 e. The van der Waals surface area contributed by atoms with Crippen molar-refractivity contribution >= 4 is 17.3 Å². The van der Waals surface area contributed by atoms with Gasteiger partial charge >= 0.3 is 0 Å². The Morgan fingerprint density at radius 3 is 2.29 bits per heavy atom. The lowest BCUT2D eigenvalue weighted by Crippen LogP contribution is -2.49. The molecule has 1 aliphatic rings. The summed E-state index contributed by atoms with van der Waals surface area (Å²) in [4.78, 5) is 17.1. The normalized spacial score (nSPS) is 14.8. The predicted octanol–water partition coefficient (Wildman–Crippen LogP) is 3.16. The fourth-order valence-corrected chi connectivity index (χ4v) is 3.28. The van der Waals surface area contributed by atoms with Crippen molar-refractivity contribution in [1.82, 2.24) is 4.90 Å². The number of nitrogens with zero attached hydrogens (tertiary/aromatic N) is 2. The highest BCUT2D eigenvalue weighted by molar-refractivity contribution is 5.97. The maximum absolute atomic E-state index is 12.8. The number of hydrogen-bond acceptors (Lipinski definition) is 3. The minimum Gasteiger partial charge on any atom is -0.398 e. The van der Waals surface area contributed by atoms with Crippen LogP contribution in [0.25, 0.3) is 0 Å².